The van der Waals surface area contributed by atoms with Crippen molar-refractivity contribution in [2.24, 2.45) is 29.1 Å². The van der Waals surface area contributed by atoms with Crippen LogP contribution in [-0.4, -0.2) is 58.4 Å². The number of allylic oxidation sites excluding steroid dienone is 2. The first-order valence-corrected chi connectivity index (χ1v) is 14.7. The van der Waals surface area contributed by atoms with Crippen molar-refractivity contribution in [3.8, 4) is 11.5 Å². The zero-order valence-corrected chi connectivity index (χ0v) is 24.7. The van der Waals surface area contributed by atoms with Crippen molar-refractivity contribution in [1.82, 2.24) is 4.90 Å². The lowest BCUT2D eigenvalue weighted by atomic mass is 9.51. The van der Waals surface area contributed by atoms with E-state index in [1.807, 2.05) is 6.08 Å². The molecule has 0 bridgehead atoms. The minimum absolute atomic E-state index is 0.0219. The number of anilines is 1. The fourth-order valence-electron chi connectivity index (χ4n) is 7.84. The largest absolute Gasteiger partial charge is 0.508 e. The van der Waals surface area contributed by atoms with Crippen LogP contribution in [0.15, 0.2) is 48.0 Å². The van der Waals surface area contributed by atoms with Gasteiger partial charge in [-0.1, -0.05) is 29.3 Å². The molecule has 0 radical (unpaired) electrons. The number of aromatic hydroxyl groups is 1. The van der Waals surface area contributed by atoms with Crippen molar-refractivity contribution in [3.05, 3.63) is 64.5 Å². The van der Waals surface area contributed by atoms with E-state index in [9.17, 15) is 33.5 Å². The van der Waals surface area contributed by atoms with Crippen LogP contribution < -0.4 is 9.64 Å². The fourth-order valence-corrected chi connectivity index (χ4v) is 8.02. The zero-order chi connectivity index (χ0) is 31.7. The number of carbonyl (C=O) groups excluding carboxylic acids is 4. The van der Waals surface area contributed by atoms with Crippen LogP contribution in [0.1, 0.15) is 44.1 Å². The molecular formula is C32H30ClFN2O8. The number of likely N-dealkylation sites (tertiary alicyclic amines) is 1. The molecule has 2 aliphatic carbocycles. The molecule has 0 spiro atoms. The molecule has 1 saturated carbocycles. The average molecular weight is 625 g/mol. The van der Waals surface area contributed by atoms with Gasteiger partial charge in [-0.05, 0) is 56.4 Å². The van der Waals surface area contributed by atoms with Gasteiger partial charge in [0.05, 0.1) is 41.0 Å². The van der Waals surface area contributed by atoms with Crippen LogP contribution in [0, 0.1) is 34.9 Å². The molecule has 230 valence electrons. The number of carboxylic acids is 1. The van der Waals surface area contributed by atoms with Gasteiger partial charge in [-0.3, -0.25) is 28.9 Å². The Morgan fingerprint density at radius 3 is 2.52 bits per heavy atom. The van der Waals surface area contributed by atoms with Crippen molar-refractivity contribution in [2.75, 3.05) is 18.6 Å². The SMILES string of the molecule is COc1cc(O)ccc1[C@H]1C2=CC[C@@H]3C(=O)N(CCCC(=O)O)C(=O)[C@@H]3[C@@H]2C[C@H]2C(=O)N(c3ccc(F)c(Cl)c3)C(=O)[C@@]12C. The number of amides is 4. The average Bonchev–Trinajstić information content (AvgIpc) is 3.34. The molecule has 12 heteroatoms. The number of carbonyl (C=O) groups is 5. The Hall–Kier alpha value is -4.25. The second kappa shape index (κ2) is 10.7. The summed E-state index contributed by atoms with van der Waals surface area (Å²) in [5, 5.41) is 19.0. The van der Waals surface area contributed by atoms with Crippen LogP contribution in [0.3, 0.4) is 0 Å². The molecule has 6 atom stereocenters. The maximum atomic E-state index is 14.4. The summed E-state index contributed by atoms with van der Waals surface area (Å²) in [5.41, 5.74) is -0.000376. The molecule has 0 unspecified atom stereocenters. The van der Waals surface area contributed by atoms with E-state index in [2.05, 4.69) is 0 Å². The molecule has 4 amide bonds. The molecule has 2 N–H and O–H groups in total. The van der Waals surface area contributed by atoms with E-state index >= 15 is 0 Å². The summed E-state index contributed by atoms with van der Waals surface area (Å²) in [4.78, 5) is 69.1. The number of rotatable bonds is 7. The Bertz CT molecular complexity index is 1660. The normalized spacial score (nSPS) is 29.4. The number of phenolic OH excluding ortho intramolecular Hbond substituents is 1. The van der Waals surface area contributed by atoms with E-state index in [0.29, 0.717) is 5.56 Å². The maximum Gasteiger partial charge on any atom is 0.303 e. The Balaban J connectivity index is 1.48. The number of hydrogen-bond acceptors (Lipinski definition) is 7. The lowest BCUT2D eigenvalue weighted by Crippen LogP contribution is -2.49. The van der Waals surface area contributed by atoms with Gasteiger partial charge in [0, 0.05) is 30.5 Å². The number of imide groups is 2. The molecule has 6 rings (SSSR count). The number of benzene rings is 2. The number of methoxy groups -OCH3 is 1. The highest BCUT2D eigenvalue weighted by Crippen LogP contribution is 2.64. The molecule has 3 fully saturated rings. The lowest BCUT2D eigenvalue weighted by Gasteiger charge is -2.49. The molecule has 2 saturated heterocycles. The van der Waals surface area contributed by atoms with Crippen molar-refractivity contribution in [3.63, 3.8) is 0 Å². The minimum atomic E-state index is -1.37. The molecule has 44 heavy (non-hydrogen) atoms. The summed E-state index contributed by atoms with van der Waals surface area (Å²) in [6.07, 6.45) is 2.15. The van der Waals surface area contributed by atoms with Crippen molar-refractivity contribution in [2.45, 2.75) is 38.5 Å². The second-order valence-corrected chi connectivity index (χ2v) is 12.4. The maximum absolute atomic E-state index is 14.4. The van der Waals surface area contributed by atoms with Crippen LogP contribution in [0.2, 0.25) is 5.02 Å². The first-order valence-electron chi connectivity index (χ1n) is 14.4. The Kier molecular flexibility index (Phi) is 7.27. The van der Waals surface area contributed by atoms with E-state index in [1.54, 1.807) is 13.0 Å². The highest BCUT2D eigenvalue weighted by atomic mass is 35.5. The number of carboxylic acid groups (broad SMARTS) is 1. The topological polar surface area (TPSA) is 142 Å². The molecule has 4 aliphatic rings. The predicted octanol–water partition coefficient (Wildman–Crippen LogP) is 4.29. The Labute approximate surface area is 257 Å². The summed E-state index contributed by atoms with van der Waals surface area (Å²) in [5.74, 6) is -7.10. The fraction of sp³-hybridized carbons (Fsp3) is 0.406. The molecule has 2 aromatic carbocycles. The van der Waals surface area contributed by atoms with Gasteiger partial charge < -0.3 is 14.9 Å². The Morgan fingerprint density at radius 1 is 1.09 bits per heavy atom. The number of halogens is 2. The summed E-state index contributed by atoms with van der Waals surface area (Å²) >= 11 is 6.03. The van der Waals surface area contributed by atoms with Gasteiger partial charge in [0.2, 0.25) is 23.6 Å². The van der Waals surface area contributed by atoms with E-state index < -0.39 is 64.5 Å². The molecule has 2 heterocycles. The minimum Gasteiger partial charge on any atom is -0.508 e. The molecule has 2 aliphatic heterocycles. The molecular weight excluding hydrogens is 595 g/mol. The summed E-state index contributed by atoms with van der Waals surface area (Å²) in [7, 11) is 1.42. The van der Waals surface area contributed by atoms with Gasteiger partial charge in [0.1, 0.15) is 17.3 Å². The third-order valence-electron chi connectivity index (χ3n) is 9.83. The van der Waals surface area contributed by atoms with Crippen molar-refractivity contribution >= 4 is 46.9 Å². The molecule has 2 aromatic rings. The van der Waals surface area contributed by atoms with Crippen LogP contribution in [0.5, 0.6) is 11.5 Å². The summed E-state index contributed by atoms with van der Waals surface area (Å²) < 4.78 is 19.7. The third-order valence-corrected chi connectivity index (χ3v) is 10.1. The zero-order valence-electron chi connectivity index (χ0n) is 24.0. The predicted molar refractivity (Wildman–Crippen MR) is 154 cm³/mol. The quantitative estimate of drug-likeness (QED) is 0.343. The first-order chi connectivity index (χ1) is 20.9. The van der Waals surface area contributed by atoms with Crippen LogP contribution in [-0.2, 0) is 24.0 Å². The van der Waals surface area contributed by atoms with Gasteiger partial charge in [-0.25, -0.2) is 9.29 Å². The highest BCUT2D eigenvalue weighted by Gasteiger charge is 2.67. The number of phenols is 1. The first kappa shape index (κ1) is 29.8. The van der Waals surface area contributed by atoms with Crippen LogP contribution in [0.25, 0.3) is 0 Å². The van der Waals surface area contributed by atoms with E-state index in [1.165, 1.54) is 31.4 Å². The van der Waals surface area contributed by atoms with E-state index in [0.717, 1.165) is 21.4 Å². The second-order valence-electron chi connectivity index (χ2n) is 12.0. The smallest absolute Gasteiger partial charge is 0.303 e. The van der Waals surface area contributed by atoms with Gasteiger partial charge in [-0.15, -0.1) is 0 Å². The Morgan fingerprint density at radius 2 is 1.84 bits per heavy atom. The number of aliphatic carboxylic acids is 1. The monoisotopic (exact) mass is 624 g/mol. The number of nitrogens with zero attached hydrogens (tertiary/aromatic N) is 2. The molecule has 10 nitrogen and oxygen atoms in total. The van der Waals surface area contributed by atoms with Gasteiger partial charge >= 0.3 is 5.97 Å². The van der Waals surface area contributed by atoms with Crippen LogP contribution in [0.4, 0.5) is 10.1 Å². The van der Waals surface area contributed by atoms with E-state index in [4.69, 9.17) is 21.4 Å². The number of fused-ring (bicyclic) bond motifs is 4. The standard InChI is InChI=1S/C32H30ClFN2O8/c1-32-21(29(41)36(31(32)43)15-5-10-23(34)22(33)12-15)14-20-17(27(32)18-7-6-16(37)13-24(18)44-2)8-9-19-26(20)30(42)35(28(19)40)11-3-4-25(38)39/h5-8,10,12-13,19-21,26-27,37H,3-4,9,11,14H2,1-2H3,(H,38,39)/t19-,20+,21-,26-,27+,32+/m0/s1. The summed E-state index contributed by atoms with van der Waals surface area (Å²) in [6.45, 7) is 1.68. The van der Waals surface area contributed by atoms with Crippen molar-refractivity contribution in [1.29, 1.82) is 0 Å². The van der Waals surface area contributed by atoms with Gasteiger partial charge in [0.25, 0.3) is 0 Å². The van der Waals surface area contributed by atoms with Crippen LogP contribution >= 0.6 is 11.6 Å². The molecule has 0 aromatic heterocycles. The van der Waals surface area contributed by atoms with E-state index in [-0.39, 0.29) is 60.3 Å². The van der Waals surface area contributed by atoms with Gasteiger partial charge in [0.15, 0.2) is 0 Å². The van der Waals surface area contributed by atoms with Gasteiger partial charge in [-0.2, -0.15) is 0 Å². The highest BCUT2D eigenvalue weighted by molar-refractivity contribution is 6.31. The van der Waals surface area contributed by atoms with Crippen molar-refractivity contribution < 1.29 is 43.3 Å². The third kappa shape index (κ3) is 4.31. The lowest BCUT2D eigenvalue weighted by molar-refractivity contribution is -0.142. The number of ether oxygens (including phenoxy) is 1. The number of hydrogen-bond donors (Lipinski definition) is 2. The summed E-state index contributed by atoms with van der Waals surface area (Å²) in [6, 6.07) is 8.11.